The summed E-state index contributed by atoms with van der Waals surface area (Å²) in [6.45, 7) is 10.0. The van der Waals surface area contributed by atoms with Crippen molar-refractivity contribution in [2.45, 2.75) is 33.2 Å². The molecular formula is C27H29N3O4. The molecule has 1 aliphatic heterocycles. The maximum Gasteiger partial charge on any atom is 0.141 e. The lowest BCUT2D eigenvalue weighted by atomic mass is 10.0. The molecule has 0 radical (unpaired) electrons. The third kappa shape index (κ3) is 3.96. The van der Waals surface area contributed by atoms with Crippen LogP contribution in [0.2, 0.25) is 0 Å². The molecule has 1 fully saturated rings. The smallest absolute Gasteiger partial charge is 0.141 e. The zero-order valence-electron chi connectivity index (χ0n) is 19.8. The summed E-state index contributed by atoms with van der Waals surface area (Å²) in [5.74, 6) is 1.88. The standard InChI is InChI=1S/C27H29N3O4/c1-16-26(18(3)34-29-16)21-11-24-27(28-13-21)23(15-30(24)14-19-7-9-33-10-8-19)20-5-6-22(17(2)31)25(12-20)32-4/h5-6,11-13,15,19,31H,2,7-10,14H2,1,3-4H3. The summed E-state index contributed by atoms with van der Waals surface area (Å²) < 4.78 is 18.8. The first-order valence-corrected chi connectivity index (χ1v) is 11.5. The van der Waals surface area contributed by atoms with Crippen LogP contribution >= 0.6 is 0 Å². The van der Waals surface area contributed by atoms with Gasteiger partial charge < -0.3 is 23.7 Å². The van der Waals surface area contributed by atoms with Gasteiger partial charge in [-0.2, -0.15) is 0 Å². The highest BCUT2D eigenvalue weighted by Gasteiger charge is 2.21. The molecule has 0 aliphatic carbocycles. The quantitative estimate of drug-likeness (QED) is 0.359. The molecule has 1 aliphatic rings. The van der Waals surface area contributed by atoms with Crippen molar-refractivity contribution in [2.75, 3.05) is 20.3 Å². The molecule has 1 saturated heterocycles. The van der Waals surface area contributed by atoms with E-state index in [0.717, 1.165) is 77.3 Å². The molecule has 7 heteroatoms. The van der Waals surface area contributed by atoms with Gasteiger partial charge in [0.2, 0.25) is 0 Å². The highest BCUT2D eigenvalue weighted by Crippen LogP contribution is 2.37. The van der Waals surface area contributed by atoms with E-state index in [4.69, 9.17) is 19.0 Å². The van der Waals surface area contributed by atoms with Gasteiger partial charge >= 0.3 is 0 Å². The topological polar surface area (TPSA) is 82.5 Å². The molecule has 0 spiro atoms. The van der Waals surface area contributed by atoms with Crippen molar-refractivity contribution < 1.29 is 19.1 Å². The Labute approximate surface area is 198 Å². The number of pyridine rings is 1. The van der Waals surface area contributed by atoms with Crippen LogP contribution in [0.1, 0.15) is 29.9 Å². The van der Waals surface area contributed by atoms with Gasteiger partial charge in [-0.3, -0.25) is 4.98 Å². The summed E-state index contributed by atoms with van der Waals surface area (Å²) in [6.07, 6.45) is 6.16. The fraction of sp³-hybridized carbons (Fsp3) is 0.333. The van der Waals surface area contributed by atoms with Gasteiger partial charge in [0.05, 0.1) is 29.4 Å². The van der Waals surface area contributed by atoms with E-state index in [0.29, 0.717) is 17.2 Å². The number of rotatable bonds is 6. The third-order valence-corrected chi connectivity index (χ3v) is 6.66. The van der Waals surface area contributed by atoms with Crippen molar-refractivity contribution in [1.82, 2.24) is 14.7 Å². The Bertz CT molecular complexity index is 1340. The molecule has 0 bridgehead atoms. The van der Waals surface area contributed by atoms with E-state index in [1.54, 1.807) is 7.11 Å². The summed E-state index contributed by atoms with van der Waals surface area (Å²) in [5.41, 5.74) is 7.37. The Hall–Kier alpha value is -3.58. The Kier molecular flexibility index (Phi) is 5.87. The van der Waals surface area contributed by atoms with Crippen LogP contribution in [0.3, 0.4) is 0 Å². The van der Waals surface area contributed by atoms with E-state index in [-0.39, 0.29) is 5.76 Å². The largest absolute Gasteiger partial charge is 0.508 e. The lowest BCUT2D eigenvalue weighted by Crippen LogP contribution is -2.20. The first-order chi connectivity index (χ1) is 16.5. The lowest BCUT2D eigenvalue weighted by molar-refractivity contribution is 0.0616. The van der Waals surface area contributed by atoms with E-state index in [2.05, 4.69) is 28.6 Å². The average molecular weight is 460 g/mol. The van der Waals surface area contributed by atoms with Gasteiger partial charge in [-0.1, -0.05) is 17.8 Å². The maximum atomic E-state index is 9.91. The van der Waals surface area contributed by atoms with Gasteiger partial charge in [-0.15, -0.1) is 0 Å². The predicted octanol–water partition coefficient (Wildman–Crippen LogP) is 5.94. The van der Waals surface area contributed by atoms with E-state index in [1.807, 2.05) is 38.2 Å². The zero-order chi connectivity index (χ0) is 23.8. The number of methoxy groups -OCH3 is 1. The fourth-order valence-corrected chi connectivity index (χ4v) is 4.86. The number of aliphatic hydroxyl groups is 1. The van der Waals surface area contributed by atoms with Gasteiger partial charge in [0.15, 0.2) is 0 Å². The van der Waals surface area contributed by atoms with Crippen molar-refractivity contribution in [2.24, 2.45) is 5.92 Å². The number of hydrogen-bond donors (Lipinski definition) is 1. The number of nitrogens with zero attached hydrogens (tertiary/aromatic N) is 3. The number of aliphatic hydroxyl groups excluding tert-OH is 1. The minimum atomic E-state index is -0.0208. The molecule has 5 rings (SSSR count). The van der Waals surface area contributed by atoms with Crippen molar-refractivity contribution in [3.05, 3.63) is 60.3 Å². The number of ether oxygens (including phenoxy) is 2. The van der Waals surface area contributed by atoms with Crippen LogP contribution in [-0.4, -0.2) is 40.1 Å². The lowest BCUT2D eigenvalue weighted by Gasteiger charge is -2.22. The summed E-state index contributed by atoms with van der Waals surface area (Å²) in [6, 6.07) is 7.90. The fourth-order valence-electron chi connectivity index (χ4n) is 4.86. The Morgan fingerprint density at radius 1 is 1.21 bits per heavy atom. The Morgan fingerprint density at radius 2 is 2.00 bits per heavy atom. The average Bonchev–Trinajstić information content (AvgIpc) is 3.37. The van der Waals surface area contributed by atoms with Gasteiger partial charge in [0.25, 0.3) is 0 Å². The molecule has 7 nitrogen and oxygen atoms in total. The zero-order valence-corrected chi connectivity index (χ0v) is 19.8. The molecule has 4 aromatic rings. The molecule has 4 heterocycles. The molecule has 0 unspecified atom stereocenters. The monoisotopic (exact) mass is 459 g/mol. The maximum absolute atomic E-state index is 9.91. The van der Waals surface area contributed by atoms with Crippen molar-refractivity contribution >= 4 is 16.8 Å². The molecule has 1 aromatic carbocycles. The van der Waals surface area contributed by atoms with Crippen molar-refractivity contribution in [3.63, 3.8) is 0 Å². The first-order valence-electron chi connectivity index (χ1n) is 11.5. The molecular weight excluding hydrogens is 430 g/mol. The third-order valence-electron chi connectivity index (χ3n) is 6.66. The van der Waals surface area contributed by atoms with E-state index in [1.165, 1.54) is 0 Å². The first kappa shape index (κ1) is 22.2. The number of aryl methyl sites for hydroxylation is 2. The summed E-state index contributed by atoms with van der Waals surface area (Å²) in [7, 11) is 1.59. The molecule has 0 amide bonds. The number of hydrogen-bond acceptors (Lipinski definition) is 6. The molecule has 34 heavy (non-hydrogen) atoms. The van der Waals surface area contributed by atoms with Crippen molar-refractivity contribution in [3.8, 4) is 28.0 Å². The Morgan fingerprint density at radius 3 is 2.68 bits per heavy atom. The number of fused-ring (bicyclic) bond motifs is 1. The van der Waals surface area contributed by atoms with Gasteiger partial charge in [0.1, 0.15) is 17.3 Å². The van der Waals surface area contributed by atoms with Crippen LogP contribution in [0.25, 0.3) is 39.0 Å². The van der Waals surface area contributed by atoms with Crippen LogP contribution in [0, 0.1) is 19.8 Å². The van der Waals surface area contributed by atoms with Crippen LogP contribution in [0.15, 0.2) is 47.8 Å². The number of aromatic nitrogens is 3. The minimum Gasteiger partial charge on any atom is -0.508 e. The highest BCUT2D eigenvalue weighted by atomic mass is 16.5. The van der Waals surface area contributed by atoms with E-state index >= 15 is 0 Å². The van der Waals surface area contributed by atoms with Gasteiger partial charge in [0, 0.05) is 48.8 Å². The van der Waals surface area contributed by atoms with Crippen LogP contribution < -0.4 is 4.74 Å². The molecule has 0 saturated carbocycles. The molecule has 3 aromatic heterocycles. The predicted molar refractivity (Wildman–Crippen MR) is 132 cm³/mol. The van der Waals surface area contributed by atoms with E-state index < -0.39 is 0 Å². The second-order valence-corrected chi connectivity index (χ2v) is 8.90. The van der Waals surface area contributed by atoms with Crippen LogP contribution in [0.5, 0.6) is 5.75 Å². The summed E-state index contributed by atoms with van der Waals surface area (Å²) in [4.78, 5) is 4.90. The molecule has 0 atom stereocenters. The second-order valence-electron chi connectivity index (χ2n) is 8.90. The normalized spacial score (nSPS) is 14.6. The summed E-state index contributed by atoms with van der Waals surface area (Å²) in [5, 5.41) is 14.0. The molecule has 1 N–H and O–H groups in total. The SMILES string of the molecule is C=C(O)c1ccc(-c2cn(CC3CCOCC3)c3cc(-c4c(C)noc4C)cnc23)cc1OC. The summed E-state index contributed by atoms with van der Waals surface area (Å²) >= 11 is 0. The Balaban J connectivity index is 1.66. The van der Waals surface area contributed by atoms with E-state index in [9.17, 15) is 5.11 Å². The number of benzene rings is 1. The van der Waals surface area contributed by atoms with Crippen LogP contribution in [-0.2, 0) is 11.3 Å². The molecule has 176 valence electrons. The minimum absolute atomic E-state index is 0.0208. The second kappa shape index (κ2) is 8.99. The van der Waals surface area contributed by atoms with Crippen molar-refractivity contribution in [1.29, 1.82) is 0 Å². The highest BCUT2D eigenvalue weighted by molar-refractivity contribution is 5.95. The van der Waals surface area contributed by atoms with Gasteiger partial charge in [-0.05, 0) is 56.4 Å². The van der Waals surface area contributed by atoms with Crippen LogP contribution in [0.4, 0.5) is 0 Å². The van der Waals surface area contributed by atoms with Gasteiger partial charge in [-0.25, -0.2) is 0 Å².